The van der Waals surface area contributed by atoms with E-state index in [0.717, 1.165) is 19.3 Å². The quantitative estimate of drug-likeness (QED) is 0.646. The summed E-state index contributed by atoms with van der Waals surface area (Å²) in [5, 5.41) is 8.51. The van der Waals surface area contributed by atoms with E-state index in [0.29, 0.717) is 0 Å². The van der Waals surface area contributed by atoms with Crippen molar-refractivity contribution in [3.63, 3.8) is 0 Å². The molecule has 0 spiro atoms. The molecular weight excluding hydrogens is 168 g/mol. The van der Waals surface area contributed by atoms with Crippen LogP contribution in [0.5, 0.6) is 0 Å². The Kier molecular flexibility index (Phi) is 5.71. The van der Waals surface area contributed by atoms with Crippen molar-refractivity contribution < 1.29 is 14.6 Å². The fraction of sp³-hybridized carbons (Fsp3) is 0.900. The van der Waals surface area contributed by atoms with E-state index in [9.17, 15) is 4.79 Å². The Bertz CT molecular complexity index is 156. The first kappa shape index (κ1) is 12.4. The molecule has 13 heavy (non-hydrogen) atoms. The van der Waals surface area contributed by atoms with Gasteiger partial charge in [0.2, 0.25) is 0 Å². The van der Waals surface area contributed by atoms with Gasteiger partial charge < -0.3 is 9.84 Å². The molecular formula is C10H20O3. The number of esters is 1. The highest BCUT2D eigenvalue weighted by molar-refractivity contribution is 5.76. The van der Waals surface area contributed by atoms with Gasteiger partial charge in [-0.3, -0.25) is 4.79 Å². The molecule has 0 saturated heterocycles. The summed E-state index contributed by atoms with van der Waals surface area (Å²) >= 11 is 0. The van der Waals surface area contributed by atoms with Gasteiger partial charge in [-0.2, -0.15) is 0 Å². The van der Waals surface area contributed by atoms with E-state index in [1.165, 1.54) is 0 Å². The van der Waals surface area contributed by atoms with E-state index in [2.05, 4.69) is 0 Å². The van der Waals surface area contributed by atoms with E-state index in [1.54, 1.807) is 0 Å². The van der Waals surface area contributed by atoms with E-state index in [-0.39, 0.29) is 24.6 Å². The maximum atomic E-state index is 11.5. The summed E-state index contributed by atoms with van der Waals surface area (Å²) in [5.41, 5.74) is -0.371. The molecule has 1 atom stereocenters. The van der Waals surface area contributed by atoms with E-state index < -0.39 is 0 Å². The zero-order valence-electron chi connectivity index (χ0n) is 8.80. The first-order valence-corrected chi connectivity index (χ1v) is 4.88. The number of hydrogen-bond donors (Lipinski definition) is 1. The Hall–Kier alpha value is -0.570. The summed E-state index contributed by atoms with van der Waals surface area (Å²) < 4.78 is 4.91. The minimum atomic E-state index is -0.371. The van der Waals surface area contributed by atoms with Crippen LogP contribution in [0.2, 0.25) is 0 Å². The van der Waals surface area contributed by atoms with Crippen molar-refractivity contribution >= 4 is 5.97 Å². The maximum Gasteiger partial charge on any atom is 0.311 e. The fourth-order valence-electron chi connectivity index (χ4n) is 1.29. The first-order valence-electron chi connectivity index (χ1n) is 4.88. The third kappa shape index (κ3) is 3.77. The van der Waals surface area contributed by atoms with Crippen LogP contribution in [-0.2, 0) is 9.53 Å². The van der Waals surface area contributed by atoms with Gasteiger partial charge in [-0.25, -0.2) is 0 Å². The number of ether oxygens (including phenoxy) is 1. The highest BCUT2D eigenvalue weighted by atomic mass is 16.5. The monoisotopic (exact) mass is 188 g/mol. The molecule has 0 aromatic heterocycles. The van der Waals surface area contributed by atoms with Gasteiger partial charge in [0.1, 0.15) is 6.61 Å². The summed E-state index contributed by atoms with van der Waals surface area (Å²) in [6.45, 7) is 5.95. The van der Waals surface area contributed by atoms with Gasteiger partial charge in [0, 0.05) is 0 Å². The van der Waals surface area contributed by atoms with Crippen LogP contribution >= 0.6 is 0 Å². The number of carbonyl (C=O) groups excluding carboxylic acids is 1. The van der Waals surface area contributed by atoms with Crippen molar-refractivity contribution in [2.75, 3.05) is 13.2 Å². The molecule has 0 heterocycles. The van der Waals surface area contributed by atoms with Gasteiger partial charge in [-0.15, -0.1) is 0 Å². The van der Waals surface area contributed by atoms with Crippen molar-refractivity contribution in [3.8, 4) is 0 Å². The second kappa shape index (κ2) is 5.97. The van der Waals surface area contributed by atoms with Crippen LogP contribution in [0.3, 0.4) is 0 Å². The van der Waals surface area contributed by atoms with Crippen LogP contribution in [0.4, 0.5) is 0 Å². The molecule has 3 heteroatoms. The summed E-state index contributed by atoms with van der Waals surface area (Å²) in [4.78, 5) is 11.5. The topological polar surface area (TPSA) is 46.5 Å². The largest absolute Gasteiger partial charge is 0.463 e. The fourth-order valence-corrected chi connectivity index (χ4v) is 1.29. The van der Waals surface area contributed by atoms with Crippen LogP contribution in [0.1, 0.15) is 40.0 Å². The zero-order valence-corrected chi connectivity index (χ0v) is 8.80. The summed E-state index contributed by atoms with van der Waals surface area (Å²) in [5.74, 6) is -0.189. The third-order valence-corrected chi connectivity index (χ3v) is 2.40. The minimum Gasteiger partial charge on any atom is -0.463 e. The number of aliphatic hydroxyl groups excluding tert-OH is 1. The SMILES string of the molecule is CCC[C@@](C)(CC)C(=O)OCCO. The Balaban J connectivity index is 4.12. The van der Waals surface area contributed by atoms with Crippen LogP contribution in [0.25, 0.3) is 0 Å². The zero-order chi connectivity index (χ0) is 10.3. The molecule has 0 aromatic rings. The second-order valence-electron chi connectivity index (χ2n) is 3.52. The maximum absolute atomic E-state index is 11.5. The van der Waals surface area contributed by atoms with Crippen LogP contribution in [0, 0.1) is 5.41 Å². The predicted octanol–water partition coefficient (Wildman–Crippen LogP) is 1.74. The minimum absolute atomic E-state index is 0.0995. The number of rotatable bonds is 6. The highest BCUT2D eigenvalue weighted by Gasteiger charge is 2.31. The third-order valence-electron chi connectivity index (χ3n) is 2.40. The van der Waals surface area contributed by atoms with Gasteiger partial charge in [0.25, 0.3) is 0 Å². The molecule has 3 nitrogen and oxygen atoms in total. The standard InChI is InChI=1S/C10H20O3/c1-4-6-10(3,5-2)9(12)13-8-7-11/h11H,4-8H2,1-3H3/t10-/m1/s1. The van der Waals surface area contributed by atoms with E-state index >= 15 is 0 Å². The smallest absolute Gasteiger partial charge is 0.311 e. The lowest BCUT2D eigenvalue weighted by atomic mass is 9.83. The lowest BCUT2D eigenvalue weighted by molar-refractivity contribution is -0.156. The molecule has 0 aliphatic heterocycles. The van der Waals surface area contributed by atoms with Crippen molar-refractivity contribution in [3.05, 3.63) is 0 Å². The molecule has 78 valence electrons. The predicted molar refractivity (Wildman–Crippen MR) is 51.4 cm³/mol. The lowest BCUT2D eigenvalue weighted by Crippen LogP contribution is -2.29. The average Bonchev–Trinajstić information content (AvgIpc) is 2.14. The molecule has 0 rings (SSSR count). The molecule has 0 aliphatic rings. The molecule has 1 N–H and O–H groups in total. The molecule has 0 amide bonds. The summed E-state index contributed by atoms with van der Waals surface area (Å²) in [6.07, 6.45) is 2.59. The molecule has 0 radical (unpaired) electrons. The average molecular weight is 188 g/mol. The van der Waals surface area contributed by atoms with Gasteiger partial charge in [-0.05, 0) is 19.8 Å². The number of hydrogen-bond acceptors (Lipinski definition) is 3. The van der Waals surface area contributed by atoms with Gasteiger partial charge in [0.05, 0.1) is 12.0 Å². The van der Waals surface area contributed by atoms with Gasteiger partial charge in [0.15, 0.2) is 0 Å². The van der Waals surface area contributed by atoms with E-state index in [4.69, 9.17) is 9.84 Å². The Morgan fingerprint density at radius 2 is 2.08 bits per heavy atom. The van der Waals surface area contributed by atoms with Gasteiger partial charge in [-0.1, -0.05) is 20.3 Å². The number of aliphatic hydroxyl groups is 1. The first-order chi connectivity index (χ1) is 6.10. The molecule has 0 aromatic carbocycles. The summed E-state index contributed by atoms with van der Waals surface area (Å²) in [6, 6.07) is 0. The van der Waals surface area contributed by atoms with E-state index in [1.807, 2.05) is 20.8 Å². The van der Waals surface area contributed by atoms with Crippen molar-refractivity contribution in [2.45, 2.75) is 40.0 Å². The van der Waals surface area contributed by atoms with Crippen LogP contribution in [0.15, 0.2) is 0 Å². The second-order valence-corrected chi connectivity index (χ2v) is 3.52. The molecule has 0 bridgehead atoms. The van der Waals surface area contributed by atoms with Crippen molar-refractivity contribution in [2.24, 2.45) is 5.41 Å². The number of carbonyl (C=O) groups is 1. The van der Waals surface area contributed by atoms with Crippen molar-refractivity contribution in [1.82, 2.24) is 0 Å². The van der Waals surface area contributed by atoms with Gasteiger partial charge >= 0.3 is 5.97 Å². The Labute approximate surface area is 80.1 Å². The molecule has 0 aliphatic carbocycles. The van der Waals surface area contributed by atoms with Crippen LogP contribution in [-0.4, -0.2) is 24.3 Å². The lowest BCUT2D eigenvalue weighted by Gasteiger charge is -2.24. The van der Waals surface area contributed by atoms with Crippen molar-refractivity contribution in [1.29, 1.82) is 0 Å². The Morgan fingerprint density at radius 1 is 1.46 bits per heavy atom. The Morgan fingerprint density at radius 3 is 2.46 bits per heavy atom. The molecule has 0 unspecified atom stereocenters. The normalized spacial score (nSPS) is 15.1. The molecule has 0 fully saturated rings. The molecule has 0 saturated carbocycles. The van der Waals surface area contributed by atoms with Crippen LogP contribution < -0.4 is 0 Å². The summed E-state index contributed by atoms with van der Waals surface area (Å²) in [7, 11) is 0. The highest BCUT2D eigenvalue weighted by Crippen LogP contribution is 2.28.